The van der Waals surface area contributed by atoms with Crippen LogP contribution in [-0.4, -0.2) is 28.7 Å². The van der Waals surface area contributed by atoms with Gasteiger partial charge < -0.3 is 15.2 Å². The molecule has 2 unspecified atom stereocenters. The van der Waals surface area contributed by atoms with Crippen molar-refractivity contribution in [1.29, 1.82) is 0 Å². The van der Waals surface area contributed by atoms with E-state index in [9.17, 15) is 4.79 Å². The fraction of sp³-hybridized carbons (Fsp3) is 0.714. The zero-order valence-electron chi connectivity index (χ0n) is 11.5. The van der Waals surface area contributed by atoms with Crippen molar-refractivity contribution in [3.63, 3.8) is 0 Å². The summed E-state index contributed by atoms with van der Waals surface area (Å²) in [7, 11) is 0. The first-order chi connectivity index (χ1) is 9.20. The zero-order valence-corrected chi connectivity index (χ0v) is 11.5. The summed E-state index contributed by atoms with van der Waals surface area (Å²) >= 11 is 0. The molecule has 1 aromatic rings. The molecule has 2 fully saturated rings. The van der Waals surface area contributed by atoms with Crippen molar-refractivity contribution in [3.8, 4) is 0 Å². The van der Waals surface area contributed by atoms with Gasteiger partial charge >= 0.3 is 0 Å². The highest BCUT2D eigenvalue weighted by atomic mass is 16.1. The molecule has 1 aromatic heterocycles. The molecule has 2 atom stereocenters. The van der Waals surface area contributed by atoms with Crippen LogP contribution in [0.25, 0.3) is 0 Å². The standard InChI is InChI=1S/C14H22N4O/c1-10-4-6-17(12(8-10)9-15)13-14(19)18(7-5-16-13)11-2-3-11/h5,7,10-12H,2-4,6,8-9,15H2,1H3. The maximum atomic E-state index is 12.5. The Kier molecular flexibility index (Phi) is 3.31. The van der Waals surface area contributed by atoms with Crippen molar-refractivity contribution in [2.75, 3.05) is 18.0 Å². The van der Waals surface area contributed by atoms with E-state index in [0.29, 0.717) is 24.3 Å². The molecule has 0 radical (unpaired) electrons. The molecule has 1 saturated heterocycles. The molecule has 1 aliphatic carbocycles. The molecule has 0 bridgehead atoms. The topological polar surface area (TPSA) is 64.2 Å². The minimum atomic E-state index is 0.0537. The maximum absolute atomic E-state index is 12.5. The summed E-state index contributed by atoms with van der Waals surface area (Å²) in [6.45, 7) is 3.73. The number of hydrogen-bond donors (Lipinski definition) is 1. The van der Waals surface area contributed by atoms with Crippen LogP contribution in [0.3, 0.4) is 0 Å². The van der Waals surface area contributed by atoms with Crippen LogP contribution in [0.4, 0.5) is 5.82 Å². The Morgan fingerprint density at radius 1 is 1.42 bits per heavy atom. The molecule has 104 valence electrons. The number of piperidine rings is 1. The summed E-state index contributed by atoms with van der Waals surface area (Å²) in [6, 6.07) is 0.647. The summed E-state index contributed by atoms with van der Waals surface area (Å²) in [5, 5.41) is 0. The molecule has 3 rings (SSSR count). The average Bonchev–Trinajstić information content (AvgIpc) is 3.24. The highest BCUT2D eigenvalue weighted by molar-refractivity contribution is 5.38. The lowest BCUT2D eigenvalue weighted by atomic mass is 9.92. The van der Waals surface area contributed by atoms with Crippen LogP contribution in [0.2, 0.25) is 0 Å². The number of anilines is 1. The molecule has 1 saturated carbocycles. The largest absolute Gasteiger partial charge is 0.348 e. The van der Waals surface area contributed by atoms with E-state index in [1.807, 2.05) is 10.8 Å². The average molecular weight is 262 g/mol. The summed E-state index contributed by atoms with van der Waals surface area (Å²) in [5.74, 6) is 1.27. The first-order valence-corrected chi connectivity index (χ1v) is 7.24. The Balaban J connectivity index is 1.92. The van der Waals surface area contributed by atoms with Gasteiger partial charge in [-0.05, 0) is 31.6 Å². The van der Waals surface area contributed by atoms with Crippen LogP contribution in [-0.2, 0) is 0 Å². The van der Waals surface area contributed by atoms with E-state index >= 15 is 0 Å². The van der Waals surface area contributed by atoms with Gasteiger partial charge in [0.05, 0.1) is 0 Å². The fourth-order valence-electron chi connectivity index (χ4n) is 3.01. The molecular formula is C14H22N4O. The second-order valence-corrected chi connectivity index (χ2v) is 5.91. The third kappa shape index (κ3) is 2.39. The number of hydrogen-bond acceptors (Lipinski definition) is 4. The minimum absolute atomic E-state index is 0.0537. The Morgan fingerprint density at radius 3 is 2.89 bits per heavy atom. The van der Waals surface area contributed by atoms with Crippen LogP contribution in [0.15, 0.2) is 17.2 Å². The Bertz CT molecular complexity index is 508. The van der Waals surface area contributed by atoms with Gasteiger partial charge in [-0.1, -0.05) is 6.92 Å². The van der Waals surface area contributed by atoms with Crippen LogP contribution < -0.4 is 16.2 Å². The molecule has 5 nitrogen and oxygen atoms in total. The van der Waals surface area contributed by atoms with Crippen molar-refractivity contribution >= 4 is 5.82 Å². The van der Waals surface area contributed by atoms with E-state index in [1.54, 1.807) is 6.20 Å². The minimum Gasteiger partial charge on any atom is -0.348 e. The second kappa shape index (κ2) is 4.96. The summed E-state index contributed by atoms with van der Waals surface area (Å²) in [5.41, 5.74) is 5.93. The molecular weight excluding hydrogens is 240 g/mol. The third-order valence-corrected chi connectivity index (χ3v) is 4.31. The molecule has 0 amide bonds. The molecule has 1 aliphatic heterocycles. The van der Waals surface area contributed by atoms with E-state index in [-0.39, 0.29) is 11.6 Å². The first kappa shape index (κ1) is 12.7. The molecule has 5 heteroatoms. The summed E-state index contributed by atoms with van der Waals surface area (Å²) in [4.78, 5) is 19.0. The normalized spacial score (nSPS) is 27.6. The monoisotopic (exact) mass is 262 g/mol. The predicted molar refractivity (Wildman–Crippen MR) is 75.4 cm³/mol. The lowest BCUT2D eigenvalue weighted by Gasteiger charge is -2.38. The van der Waals surface area contributed by atoms with Gasteiger partial charge in [0, 0.05) is 37.6 Å². The van der Waals surface area contributed by atoms with Gasteiger partial charge in [0.15, 0.2) is 5.82 Å². The van der Waals surface area contributed by atoms with Gasteiger partial charge in [-0.2, -0.15) is 0 Å². The second-order valence-electron chi connectivity index (χ2n) is 5.91. The van der Waals surface area contributed by atoms with Crippen LogP contribution in [0.1, 0.15) is 38.6 Å². The number of aromatic nitrogens is 2. The highest BCUT2D eigenvalue weighted by Gasteiger charge is 2.30. The van der Waals surface area contributed by atoms with E-state index < -0.39 is 0 Å². The third-order valence-electron chi connectivity index (χ3n) is 4.31. The van der Waals surface area contributed by atoms with E-state index in [4.69, 9.17) is 5.73 Å². The number of rotatable bonds is 3. The van der Waals surface area contributed by atoms with E-state index in [0.717, 1.165) is 32.2 Å². The Morgan fingerprint density at radius 2 is 2.21 bits per heavy atom. The van der Waals surface area contributed by atoms with Crippen molar-refractivity contribution in [2.45, 2.75) is 44.7 Å². The molecule has 2 heterocycles. The highest BCUT2D eigenvalue weighted by Crippen LogP contribution is 2.33. The Hall–Kier alpha value is -1.36. The molecule has 2 aliphatic rings. The first-order valence-electron chi connectivity index (χ1n) is 7.24. The quantitative estimate of drug-likeness (QED) is 0.887. The molecule has 19 heavy (non-hydrogen) atoms. The van der Waals surface area contributed by atoms with E-state index in [2.05, 4.69) is 16.8 Å². The van der Waals surface area contributed by atoms with Gasteiger partial charge in [-0.25, -0.2) is 4.98 Å². The van der Waals surface area contributed by atoms with Crippen LogP contribution in [0, 0.1) is 5.92 Å². The van der Waals surface area contributed by atoms with Crippen molar-refractivity contribution < 1.29 is 0 Å². The number of nitrogens with zero attached hydrogens (tertiary/aromatic N) is 3. The molecule has 2 N–H and O–H groups in total. The number of nitrogens with two attached hydrogens (primary N) is 1. The smallest absolute Gasteiger partial charge is 0.293 e. The van der Waals surface area contributed by atoms with Gasteiger partial charge in [0.25, 0.3) is 5.56 Å². The van der Waals surface area contributed by atoms with Crippen LogP contribution in [0.5, 0.6) is 0 Å². The van der Waals surface area contributed by atoms with Crippen molar-refractivity contribution in [2.24, 2.45) is 11.7 Å². The maximum Gasteiger partial charge on any atom is 0.293 e. The Labute approximate surface area is 113 Å². The van der Waals surface area contributed by atoms with Gasteiger partial charge in [-0.15, -0.1) is 0 Å². The van der Waals surface area contributed by atoms with Crippen molar-refractivity contribution in [3.05, 3.63) is 22.7 Å². The van der Waals surface area contributed by atoms with E-state index in [1.165, 1.54) is 0 Å². The van der Waals surface area contributed by atoms with Gasteiger partial charge in [-0.3, -0.25) is 4.79 Å². The predicted octanol–water partition coefficient (Wildman–Crippen LogP) is 1.14. The van der Waals surface area contributed by atoms with Gasteiger partial charge in [0.1, 0.15) is 0 Å². The van der Waals surface area contributed by atoms with Gasteiger partial charge in [0.2, 0.25) is 0 Å². The zero-order chi connectivity index (χ0) is 13.4. The summed E-state index contributed by atoms with van der Waals surface area (Å²) in [6.07, 6.45) is 7.95. The van der Waals surface area contributed by atoms with Crippen molar-refractivity contribution in [1.82, 2.24) is 9.55 Å². The fourth-order valence-corrected chi connectivity index (χ4v) is 3.01. The van der Waals surface area contributed by atoms with Crippen LogP contribution >= 0.6 is 0 Å². The summed E-state index contributed by atoms with van der Waals surface area (Å²) < 4.78 is 1.84. The lowest BCUT2D eigenvalue weighted by Crippen LogP contribution is -2.49. The lowest BCUT2D eigenvalue weighted by molar-refractivity contribution is 0.363. The SMILES string of the molecule is CC1CCN(c2nccn(C3CC3)c2=O)C(CN)C1. The molecule has 0 aromatic carbocycles. The molecule has 0 spiro atoms.